The SMILES string of the molecule is CCN(C(=O)CN1CCC[C@@H]1CO)C1CCCCC1. The van der Waals surface area contributed by atoms with Gasteiger partial charge in [0, 0.05) is 18.6 Å². The lowest BCUT2D eigenvalue weighted by atomic mass is 9.94. The van der Waals surface area contributed by atoms with Crippen molar-refractivity contribution in [3.05, 3.63) is 0 Å². The van der Waals surface area contributed by atoms with Crippen molar-refractivity contribution in [1.29, 1.82) is 0 Å². The van der Waals surface area contributed by atoms with E-state index in [9.17, 15) is 9.90 Å². The average molecular weight is 268 g/mol. The molecule has 110 valence electrons. The highest BCUT2D eigenvalue weighted by Crippen LogP contribution is 2.23. The molecule has 0 aromatic carbocycles. The van der Waals surface area contributed by atoms with Crippen LogP contribution in [-0.4, -0.2) is 59.1 Å². The second kappa shape index (κ2) is 7.25. The molecule has 0 spiro atoms. The van der Waals surface area contributed by atoms with Gasteiger partial charge in [0.1, 0.15) is 0 Å². The Labute approximate surface area is 116 Å². The lowest BCUT2D eigenvalue weighted by Crippen LogP contribution is -2.47. The minimum atomic E-state index is 0.183. The number of likely N-dealkylation sites (tertiary alicyclic amines) is 1. The maximum absolute atomic E-state index is 12.5. The molecule has 0 aromatic heterocycles. The summed E-state index contributed by atoms with van der Waals surface area (Å²) in [6.45, 7) is 4.54. The number of likely N-dealkylation sites (N-methyl/N-ethyl adjacent to an activating group) is 1. The Morgan fingerprint density at radius 2 is 1.95 bits per heavy atom. The summed E-state index contributed by atoms with van der Waals surface area (Å²) >= 11 is 0. The zero-order chi connectivity index (χ0) is 13.7. The van der Waals surface area contributed by atoms with Crippen molar-refractivity contribution in [2.45, 2.75) is 64.0 Å². The van der Waals surface area contributed by atoms with Gasteiger partial charge in [-0.15, -0.1) is 0 Å². The average Bonchev–Trinajstić information content (AvgIpc) is 2.88. The second-order valence-electron chi connectivity index (χ2n) is 5.92. The molecule has 1 aliphatic heterocycles. The van der Waals surface area contributed by atoms with E-state index in [4.69, 9.17) is 0 Å². The number of aliphatic hydroxyl groups excluding tert-OH is 1. The quantitative estimate of drug-likeness (QED) is 0.824. The molecule has 0 bridgehead atoms. The fourth-order valence-corrected chi connectivity index (χ4v) is 3.61. The van der Waals surface area contributed by atoms with Crippen LogP contribution < -0.4 is 0 Å². The third-order valence-corrected chi connectivity index (χ3v) is 4.72. The summed E-state index contributed by atoms with van der Waals surface area (Å²) in [6, 6.07) is 0.662. The Morgan fingerprint density at radius 3 is 2.58 bits per heavy atom. The third-order valence-electron chi connectivity index (χ3n) is 4.72. The minimum absolute atomic E-state index is 0.183. The largest absolute Gasteiger partial charge is 0.395 e. The van der Waals surface area contributed by atoms with E-state index in [-0.39, 0.29) is 18.6 Å². The van der Waals surface area contributed by atoms with Gasteiger partial charge in [-0.3, -0.25) is 9.69 Å². The number of hydrogen-bond donors (Lipinski definition) is 1. The molecule has 1 aliphatic carbocycles. The van der Waals surface area contributed by atoms with Gasteiger partial charge in [-0.1, -0.05) is 19.3 Å². The molecule has 2 fully saturated rings. The number of rotatable bonds is 5. The molecule has 1 heterocycles. The van der Waals surface area contributed by atoms with E-state index in [2.05, 4.69) is 16.7 Å². The first-order valence-corrected chi connectivity index (χ1v) is 7.90. The Hall–Kier alpha value is -0.610. The highest BCUT2D eigenvalue weighted by Gasteiger charge is 2.29. The van der Waals surface area contributed by atoms with Gasteiger partial charge in [0.15, 0.2) is 0 Å². The molecule has 19 heavy (non-hydrogen) atoms. The molecule has 2 rings (SSSR count). The molecule has 2 aliphatic rings. The highest BCUT2D eigenvalue weighted by molar-refractivity contribution is 5.78. The van der Waals surface area contributed by atoms with Gasteiger partial charge >= 0.3 is 0 Å². The van der Waals surface area contributed by atoms with Gasteiger partial charge in [0.25, 0.3) is 0 Å². The number of nitrogens with zero attached hydrogens (tertiary/aromatic N) is 2. The Kier molecular flexibility index (Phi) is 5.64. The van der Waals surface area contributed by atoms with Crippen molar-refractivity contribution in [3.63, 3.8) is 0 Å². The first-order chi connectivity index (χ1) is 9.26. The van der Waals surface area contributed by atoms with Crippen LogP contribution in [0.3, 0.4) is 0 Å². The first kappa shape index (κ1) is 14.8. The molecule has 1 saturated carbocycles. The summed E-state index contributed by atoms with van der Waals surface area (Å²) in [5.74, 6) is 0.259. The van der Waals surface area contributed by atoms with Crippen LogP contribution in [0, 0.1) is 0 Å². The first-order valence-electron chi connectivity index (χ1n) is 7.90. The number of carbonyl (C=O) groups excluding carboxylic acids is 1. The number of carbonyl (C=O) groups is 1. The van der Waals surface area contributed by atoms with Gasteiger partial charge in [0.05, 0.1) is 13.2 Å². The molecular weight excluding hydrogens is 240 g/mol. The molecular formula is C15H28N2O2. The minimum Gasteiger partial charge on any atom is -0.395 e. The van der Waals surface area contributed by atoms with Crippen LogP contribution in [0.1, 0.15) is 51.9 Å². The maximum atomic E-state index is 12.5. The smallest absolute Gasteiger partial charge is 0.236 e. The summed E-state index contributed by atoms with van der Waals surface area (Å²) in [4.78, 5) is 16.7. The number of aliphatic hydroxyl groups is 1. The van der Waals surface area contributed by atoms with Gasteiger partial charge in [-0.25, -0.2) is 0 Å². The van der Waals surface area contributed by atoms with Crippen molar-refractivity contribution >= 4 is 5.91 Å². The topological polar surface area (TPSA) is 43.8 Å². The summed E-state index contributed by atoms with van der Waals surface area (Å²) < 4.78 is 0. The van der Waals surface area contributed by atoms with Gasteiger partial charge in [-0.2, -0.15) is 0 Å². The van der Waals surface area contributed by atoms with Crippen molar-refractivity contribution in [3.8, 4) is 0 Å². The summed E-state index contributed by atoms with van der Waals surface area (Å²) in [5.41, 5.74) is 0. The molecule has 0 unspecified atom stereocenters. The fourth-order valence-electron chi connectivity index (χ4n) is 3.61. The molecule has 4 heteroatoms. The number of amides is 1. The zero-order valence-corrected chi connectivity index (χ0v) is 12.2. The predicted molar refractivity (Wildman–Crippen MR) is 75.9 cm³/mol. The third kappa shape index (κ3) is 3.69. The summed E-state index contributed by atoms with van der Waals surface area (Å²) in [6.07, 6.45) is 8.31. The van der Waals surface area contributed by atoms with Crippen LogP contribution in [0.25, 0.3) is 0 Å². The van der Waals surface area contributed by atoms with Gasteiger partial charge in [0.2, 0.25) is 5.91 Å². The molecule has 1 saturated heterocycles. The Balaban J connectivity index is 1.89. The number of hydrogen-bond acceptors (Lipinski definition) is 3. The maximum Gasteiger partial charge on any atom is 0.236 e. The van der Waals surface area contributed by atoms with E-state index in [0.29, 0.717) is 12.6 Å². The molecule has 1 atom stereocenters. The monoisotopic (exact) mass is 268 g/mol. The van der Waals surface area contributed by atoms with Crippen LogP contribution in [0.15, 0.2) is 0 Å². The van der Waals surface area contributed by atoms with Gasteiger partial charge in [-0.05, 0) is 39.2 Å². The van der Waals surface area contributed by atoms with Crippen LogP contribution >= 0.6 is 0 Å². The van der Waals surface area contributed by atoms with E-state index >= 15 is 0 Å². The highest BCUT2D eigenvalue weighted by atomic mass is 16.3. The molecule has 0 aromatic rings. The predicted octanol–water partition coefficient (Wildman–Crippen LogP) is 1.62. The lowest BCUT2D eigenvalue weighted by molar-refractivity contribution is -0.135. The van der Waals surface area contributed by atoms with E-state index in [0.717, 1.165) is 25.9 Å². The van der Waals surface area contributed by atoms with Crippen LogP contribution in [0.4, 0.5) is 0 Å². The Morgan fingerprint density at radius 1 is 1.21 bits per heavy atom. The summed E-state index contributed by atoms with van der Waals surface area (Å²) in [7, 11) is 0. The molecule has 1 N–H and O–H groups in total. The molecule has 0 radical (unpaired) electrons. The van der Waals surface area contributed by atoms with Gasteiger partial charge < -0.3 is 10.0 Å². The van der Waals surface area contributed by atoms with Crippen molar-refractivity contribution in [2.75, 3.05) is 26.2 Å². The zero-order valence-electron chi connectivity index (χ0n) is 12.2. The Bertz CT molecular complexity index is 290. The standard InChI is InChI=1S/C15H28N2O2/c1-2-17(13-7-4-3-5-8-13)15(19)11-16-10-6-9-14(16)12-18/h13-14,18H,2-12H2,1H3/t14-/m1/s1. The van der Waals surface area contributed by atoms with E-state index < -0.39 is 0 Å². The normalized spacial score (nSPS) is 25.7. The summed E-state index contributed by atoms with van der Waals surface area (Å²) in [5, 5.41) is 9.33. The lowest BCUT2D eigenvalue weighted by Gasteiger charge is -2.35. The van der Waals surface area contributed by atoms with Crippen molar-refractivity contribution < 1.29 is 9.90 Å². The second-order valence-corrected chi connectivity index (χ2v) is 5.92. The molecule has 1 amide bonds. The van der Waals surface area contributed by atoms with Crippen molar-refractivity contribution in [2.24, 2.45) is 0 Å². The van der Waals surface area contributed by atoms with Crippen LogP contribution in [-0.2, 0) is 4.79 Å². The molecule has 4 nitrogen and oxygen atoms in total. The van der Waals surface area contributed by atoms with Crippen molar-refractivity contribution in [1.82, 2.24) is 9.80 Å². The van der Waals surface area contributed by atoms with Crippen LogP contribution in [0.2, 0.25) is 0 Å². The van der Waals surface area contributed by atoms with E-state index in [1.807, 2.05) is 0 Å². The van der Waals surface area contributed by atoms with E-state index in [1.54, 1.807) is 0 Å². The van der Waals surface area contributed by atoms with E-state index in [1.165, 1.54) is 32.1 Å². The van der Waals surface area contributed by atoms with Crippen LogP contribution in [0.5, 0.6) is 0 Å². The fraction of sp³-hybridized carbons (Fsp3) is 0.933.